The second-order valence-electron chi connectivity index (χ2n) is 2.85. The van der Waals surface area contributed by atoms with Gasteiger partial charge >= 0.3 is 0 Å². The lowest BCUT2D eigenvalue weighted by Gasteiger charge is -2.00. The molecule has 0 aliphatic rings. The van der Waals surface area contributed by atoms with Crippen molar-refractivity contribution >= 4 is 28.2 Å². The predicted octanol–water partition coefficient (Wildman–Crippen LogP) is 1.67. The number of rotatable bonds is 3. The molecule has 0 radical (unpaired) electrons. The van der Waals surface area contributed by atoms with Crippen LogP contribution in [-0.4, -0.2) is 20.3 Å². The van der Waals surface area contributed by atoms with E-state index in [1.165, 1.54) is 23.1 Å². The van der Waals surface area contributed by atoms with Crippen molar-refractivity contribution in [3.63, 3.8) is 0 Å². The monoisotopic (exact) mass is 243 g/mol. The van der Waals surface area contributed by atoms with Gasteiger partial charge in [0.05, 0.1) is 5.25 Å². The normalized spacial score (nSPS) is 12.9. The molecule has 0 saturated carbocycles. The summed E-state index contributed by atoms with van der Waals surface area (Å²) >= 11 is 2.85. The maximum atomic E-state index is 5.48. The van der Waals surface area contributed by atoms with Gasteiger partial charge in [-0.05, 0) is 13.8 Å². The highest BCUT2D eigenvalue weighted by Gasteiger charge is 2.16. The number of nitrogens with zero attached hydrogens (tertiary/aromatic N) is 4. The van der Waals surface area contributed by atoms with Gasteiger partial charge in [0.2, 0.25) is 11.0 Å². The molecule has 0 aliphatic heterocycles. The van der Waals surface area contributed by atoms with Crippen LogP contribution in [-0.2, 0) is 0 Å². The van der Waals surface area contributed by atoms with E-state index < -0.39 is 0 Å². The van der Waals surface area contributed by atoms with Gasteiger partial charge < -0.3 is 10.3 Å². The number of aromatic nitrogens is 4. The number of anilines is 1. The van der Waals surface area contributed by atoms with Crippen LogP contribution in [0.3, 0.4) is 0 Å². The minimum absolute atomic E-state index is 0.0542. The van der Waals surface area contributed by atoms with Crippen molar-refractivity contribution in [3.05, 3.63) is 11.7 Å². The third kappa shape index (κ3) is 2.45. The Labute approximate surface area is 94.3 Å². The summed E-state index contributed by atoms with van der Waals surface area (Å²) in [5.41, 5.74) is 5.48. The highest BCUT2D eigenvalue weighted by molar-refractivity contribution is 8.01. The van der Waals surface area contributed by atoms with E-state index >= 15 is 0 Å². The third-order valence-electron chi connectivity index (χ3n) is 1.59. The van der Waals surface area contributed by atoms with Crippen molar-refractivity contribution in [2.24, 2.45) is 0 Å². The molecule has 1 atom stereocenters. The molecule has 0 spiro atoms. The van der Waals surface area contributed by atoms with Gasteiger partial charge in [-0.1, -0.05) is 28.3 Å². The summed E-state index contributed by atoms with van der Waals surface area (Å²) in [6, 6.07) is 0. The maximum Gasteiger partial charge on any atom is 0.239 e. The summed E-state index contributed by atoms with van der Waals surface area (Å²) in [6.07, 6.45) is 0. The Kier molecular flexibility index (Phi) is 2.87. The van der Waals surface area contributed by atoms with Crippen LogP contribution in [0.25, 0.3) is 0 Å². The summed E-state index contributed by atoms with van der Waals surface area (Å²) < 4.78 is 5.85. The van der Waals surface area contributed by atoms with Crippen LogP contribution in [0.4, 0.5) is 5.13 Å². The summed E-state index contributed by atoms with van der Waals surface area (Å²) in [7, 11) is 0. The van der Waals surface area contributed by atoms with Crippen LogP contribution in [0.1, 0.15) is 23.9 Å². The Bertz CT molecular complexity index is 454. The van der Waals surface area contributed by atoms with E-state index in [0.717, 1.165) is 4.34 Å². The van der Waals surface area contributed by atoms with E-state index in [1.54, 1.807) is 6.92 Å². The molecule has 2 N–H and O–H groups in total. The van der Waals surface area contributed by atoms with Crippen LogP contribution in [0.2, 0.25) is 0 Å². The number of aryl methyl sites for hydroxylation is 1. The van der Waals surface area contributed by atoms with Crippen LogP contribution >= 0.6 is 23.1 Å². The summed E-state index contributed by atoms with van der Waals surface area (Å²) in [6.45, 7) is 3.75. The third-order valence-corrected chi connectivity index (χ3v) is 3.51. The summed E-state index contributed by atoms with van der Waals surface area (Å²) in [5.74, 6) is 1.22. The molecule has 2 aromatic rings. The van der Waals surface area contributed by atoms with Crippen molar-refractivity contribution in [1.29, 1.82) is 0 Å². The highest BCUT2D eigenvalue weighted by Crippen LogP contribution is 2.35. The van der Waals surface area contributed by atoms with E-state index in [-0.39, 0.29) is 5.25 Å². The summed E-state index contributed by atoms with van der Waals surface area (Å²) in [5, 5.41) is 11.9. The van der Waals surface area contributed by atoms with E-state index in [4.69, 9.17) is 10.3 Å². The molecular formula is C7H9N5OS2. The minimum Gasteiger partial charge on any atom is -0.374 e. The first kappa shape index (κ1) is 10.4. The lowest BCUT2D eigenvalue weighted by molar-refractivity contribution is 0.376. The van der Waals surface area contributed by atoms with Crippen molar-refractivity contribution in [2.75, 3.05) is 5.73 Å². The Balaban J connectivity index is 2.06. The van der Waals surface area contributed by atoms with Gasteiger partial charge in [-0.15, -0.1) is 10.2 Å². The molecule has 6 nitrogen and oxygen atoms in total. The van der Waals surface area contributed by atoms with Gasteiger partial charge in [0.25, 0.3) is 0 Å². The number of hydrogen-bond acceptors (Lipinski definition) is 8. The van der Waals surface area contributed by atoms with Gasteiger partial charge in [-0.2, -0.15) is 4.98 Å². The highest BCUT2D eigenvalue weighted by atomic mass is 32.2. The van der Waals surface area contributed by atoms with Gasteiger partial charge in [-0.3, -0.25) is 0 Å². The standard InChI is InChI=1S/C7H9N5OS2/c1-3(5-9-4(2)12-13-5)14-7-11-10-6(8)15-7/h3H,1-2H3,(H2,8,10)/t3-/m0/s1. The fourth-order valence-electron chi connectivity index (χ4n) is 0.948. The smallest absolute Gasteiger partial charge is 0.239 e. The van der Waals surface area contributed by atoms with Gasteiger partial charge in [-0.25, -0.2) is 0 Å². The molecule has 0 aliphatic carbocycles. The topological polar surface area (TPSA) is 90.7 Å². The van der Waals surface area contributed by atoms with E-state index in [0.29, 0.717) is 16.8 Å². The lowest BCUT2D eigenvalue weighted by atomic mass is 10.5. The minimum atomic E-state index is 0.0542. The lowest BCUT2D eigenvalue weighted by Crippen LogP contribution is -1.88. The first-order chi connectivity index (χ1) is 7.15. The van der Waals surface area contributed by atoms with Crippen LogP contribution < -0.4 is 5.73 Å². The molecule has 0 amide bonds. The molecule has 0 bridgehead atoms. The second kappa shape index (κ2) is 4.15. The first-order valence-electron chi connectivity index (χ1n) is 4.21. The number of hydrogen-bond donors (Lipinski definition) is 1. The Hall–Kier alpha value is -1.15. The molecule has 2 rings (SSSR count). The van der Waals surface area contributed by atoms with Crippen molar-refractivity contribution in [1.82, 2.24) is 20.3 Å². The molecule has 2 heterocycles. The number of nitrogen functional groups attached to an aromatic ring is 1. The molecule has 80 valence electrons. The summed E-state index contributed by atoms with van der Waals surface area (Å²) in [4.78, 5) is 4.14. The molecule has 2 aromatic heterocycles. The zero-order valence-corrected chi connectivity index (χ0v) is 9.80. The fraction of sp³-hybridized carbons (Fsp3) is 0.429. The number of thioether (sulfide) groups is 1. The molecule has 15 heavy (non-hydrogen) atoms. The van der Waals surface area contributed by atoms with E-state index in [9.17, 15) is 0 Å². The Morgan fingerprint density at radius 1 is 1.47 bits per heavy atom. The average molecular weight is 243 g/mol. The molecule has 0 aromatic carbocycles. The molecular weight excluding hydrogens is 234 g/mol. The molecule has 0 saturated heterocycles. The molecule has 8 heteroatoms. The van der Waals surface area contributed by atoms with Gasteiger partial charge in [0.15, 0.2) is 10.2 Å². The van der Waals surface area contributed by atoms with Gasteiger partial charge in [0, 0.05) is 0 Å². The molecule has 0 fully saturated rings. The molecule has 0 unspecified atom stereocenters. The van der Waals surface area contributed by atoms with E-state index in [2.05, 4.69) is 20.3 Å². The van der Waals surface area contributed by atoms with Crippen LogP contribution in [0.5, 0.6) is 0 Å². The predicted molar refractivity (Wildman–Crippen MR) is 57.6 cm³/mol. The van der Waals surface area contributed by atoms with Crippen LogP contribution in [0.15, 0.2) is 8.86 Å². The van der Waals surface area contributed by atoms with Crippen molar-refractivity contribution in [2.45, 2.75) is 23.4 Å². The second-order valence-corrected chi connectivity index (χ2v) is 5.44. The average Bonchev–Trinajstić information content (AvgIpc) is 2.75. The number of nitrogens with two attached hydrogens (primary N) is 1. The zero-order chi connectivity index (χ0) is 10.8. The SMILES string of the molecule is Cc1noc([C@H](C)Sc2nnc(N)s2)n1. The first-order valence-corrected chi connectivity index (χ1v) is 5.90. The van der Waals surface area contributed by atoms with Crippen LogP contribution in [0, 0.1) is 6.92 Å². The Morgan fingerprint density at radius 3 is 2.80 bits per heavy atom. The largest absolute Gasteiger partial charge is 0.374 e. The quantitative estimate of drug-likeness (QED) is 0.820. The van der Waals surface area contributed by atoms with Crippen molar-refractivity contribution in [3.8, 4) is 0 Å². The zero-order valence-electron chi connectivity index (χ0n) is 8.17. The van der Waals surface area contributed by atoms with Gasteiger partial charge in [0.1, 0.15) is 0 Å². The van der Waals surface area contributed by atoms with E-state index in [1.807, 2.05) is 6.92 Å². The maximum absolute atomic E-state index is 5.48. The Morgan fingerprint density at radius 2 is 2.27 bits per heavy atom. The fourth-order valence-corrected chi connectivity index (χ4v) is 2.76. The van der Waals surface area contributed by atoms with Crippen molar-refractivity contribution < 1.29 is 4.52 Å².